The first-order chi connectivity index (χ1) is 18.6. The third-order valence-electron chi connectivity index (χ3n) is 8.68. The van der Waals surface area contributed by atoms with Crippen molar-refractivity contribution in [1.82, 2.24) is 25.4 Å². The number of likely N-dealkylation sites (tertiary alicyclic amines) is 2. The molecular formula is C29H39N5O4S. The second-order valence-electron chi connectivity index (χ2n) is 12.1. The highest BCUT2D eigenvalue weighted by molar-refractivity contribution is 7.09. The Morgan fingerprint density at radius 1 is 1.15 bits per heavy atom. The molecule has 0 radical (unpaired) electrons. The molecule has 1 aromatic carbocycles. The van der Waals surface area contributed by atoms with E-state index in [2.05, 4.69) is 34.4 Å². The van der Waals surface area contributed by atoms with Gasteiger partial charge in [-0.3, -0.25) is 24.3 Å². The highest BCUT2D eigenvalue weighted by Gasteiger charge is 2.61. The number of rotatable bonds is 10. The maximum Gasteiger partial charge on any atom is 0.245 e. The Kier molecular flexibility index (Phi) is 7.81. The molecule has 3 amide bonds. The summed E-state index contributed by atoms with van der Waals surface area (Å²) in [7, 11) is 1.56. The van der Waals surface area contributed by atoms with Gasteiger partial charge < -0.3 is 20.3 Å². The van der Waals surface area contributed by atoms with Crippen molar-refractivity contribution in [2.45, 2.75) is 52.5 Å². The van der Waals surface area contributed by atoms with E-state index in [1.165, 1.54) is 0 Å². The van der Waals surface area contributed by atoms with Gasteiger partial charge in [0.05, 0.1) is 24.1 Å². The molecule has 1 saturated carbocycles. The Morgan fingerprint density at radius 3 is 2.49 bits per heavy atom. The van der Waals surface area contributed by atoms with E-state index in [0.29, 0.717) is 26.2 Å². The molecule has 2 aliphatic heterocycles. The molecule has 39 heavy (non-hydrogen) atoms. The minimum absolute atomic E-state index is 0.0706. The van der Waals surface area contributed by atoms with Crippen molar-refractivity contribution in [3.8, 4) is 0 Å². The van der Waals surface area contributed by atoms with Gasteiger partial charge in [-0.15, -0.1) is 11.3 Å². The lowest BCUT2D eigenvalue weighted by atomic mass is 9.70. The van der Waals surface area contributed by atoms with Crippen LogP contribution in [0.25, 0.3) is 0 Å². The fourth-order valence-electron chi connectivity index (χ4n) is 6.10. The molecule has 1 aliphatic carbocycles. The number of carbonyl (C=O) groups excluding carboxylic acids is 3. The predicted molar refractivity (Wildman–Crippen MR) is 148 cm³/mol. The van der Waals surface area contributed by atoms with Crippen molar-refractivity contribution in [1.29, 1.82) is 0 Å². The maximum atomic E-state index is 13.9. The summed E-state index contributed by atoms with van der Waals surface area (Å²) in [6.07, 6.45) is 2.26. The number of amides is 3. The van der Waals surface area contributed by atoms with E-state index in [4.69, 9.17) is 4.74 Å². The van der Waals surface area contributed by atoms with Crippen molar-refractivity contribution in [2.75, 3.05) is 33.2 Å². The van der Waals surface area contributed by atoms with Gasteiger partial charge in [-0.25, -0.2) is 0 Å². The summed E-state index contributed by atoms with van der Waals surface area (Å²) in [4.78, 5) is 49.3. The van der Waals surface area contributed by atoms with Crippen LogP contribution >= 0.6 is 11.3 Å². The SMILES string of the molecule is CNC(=O)[C@@H](NC(=O)[C@H]1CN(Cc2cncs2)CC12CN(C(=O)[C@H]1CC1(C)C)C2)[C@@H](C)OCc1ccccc1. The first-order valence-corrected chi connectivity index (χ1v) is 14.6. The zero-order valence-corrected chi connectivity index (χ0v) is 24.0. The van der Waals surface area contributed by atoms with Gasteiger partial charge in [0, 0.05) is 62.2 Å². The average Bonchev–Trinajstić information content (AvgIpc) is 3.23. The molecule has 4 atom stereocenters. The summed E-state index contributed by atoms with van der Waals surface area (Å²) in [6, 6.07) is 8.92. The number of ether oxygens (including phenoxy) is 1. The van der Waals surface area contributed by atoms with E-state index < -0.39 is 12.1 Å². The van der Waals surface area contributed by atoms with E-state index in [1.54, 1.807) is 18.4 Å². The number of nitrogens with one attached hydrogen (secondary N) is 2. The lowest BCUT2D eigenvalue weighted by Gasteiger charge is -2.51. The minimum atomic E-state index is -0.830. The zero-order chi connectivity index (χ0) is 27.8. The van der Waals surface area contributed by atoms with Crippen LogP contribution in [0.2, 0.25) is 0 Å². The first kappa shape index (κ1) is 27.7. The number of likely N-dealkylation sites (N-methyl/N-ethyl adjacent to an activating group) is 1. The molecular weight excluding hydrogens is 514 g/mol. The fourth-order valence-corrected chi connectivity index (χ4v) is 6.73. The van der Waals surface area contributed by atoms with Crippen LogP contribution in [0, 0.1) is 22.7 Å². The second-order valence-corrected chi connectivity index (χ2v) is 13.1. The van der Waals surface area contributed by atoms with Gasteiger partial charge in [-0.1, -0.05) is 44.2 Å². The third-order valence-corrected chi connectivity index (χ3v) is 9.45. The van der Waals surface area contributed by atoms with E-state index >= 15 is 0 Å². The van der Waals surface area contributed by atoms with Gasteiger partial charge in [0.1, 0.15) is 6.04 Å². The fraction of sp³-hybridized carbons (Fsp3) is 0.586. The molecule has 210 valence electrons. The van der Waals surface area contributed by atoms with Crippen molar-refractivity contribution in [2.24, 2.45) is 22.7 Å². The molecule has 2 N–H and O–H groups in total. The van der Waals surface area contributed by atoms with Gasteiger partial charge in [0.2, 0.25) is 17.7 Å². The Labute approximate surface area is 234 Å². The van der Waals surface area contributed by atoms with Gasteiger partial charge in [0.15, 0.2) is 0 Å². The monoisotopic (exact) mass is 553 g/mol. The van der Waals surface area contributed by atoms with Gasteiger partial charge >= 0.3 is 0 Å². The number of aromatic nitrogens is 1. The number of benzene rings is 1. The summed E-state index contributed by atoms with van der Waals surface area (Å²) < 4.78 is 6.02. The number of hydrogen-bond acceptors (Lipinski definition) is 7. The van der Waals surface area contributed by atoms with E-state index in [1.807, 2.05) is 53.9 Å². The Hall–Kier alpha value is -2.82. The number of carbonyl (C=O) groups is 3. The quantitative estimate of drug-likeness (QED) is 0.468. The molecule has 9 nitrogen and oxygen atoms in total. The normalized spacial score (nSPS) is 24.6. The Balaban J connectivity index is 1.28. The second kappa shape index (κ2) is 11.0. The number of thiazole rings is 1. The average molecular weight is 554 g/mol. The molecule has 1 aromatic heterocycles. The van der Waals surface area contributed by atoms with Crippen LogP contribution in [0.3, 0.4) is 0 Å². The molecule has 5 rings (SSSR count). The summed E-state index contributed by atoms with van der Waals surface area (Å²) in [5, 5.41) is 5.70. The maximum absolute atomic E-state index is 13.9. The van der Waals surface area contributed by atoms with Gasteiger partial charge in [-0.05, 0) is 24.3 Å². The molecule has 0 bridgehead atoms. The van der Waals surface area contributed by atoms with Gasteiger partial charge in [-0.2, -0.15) is 0 Å². The summed E-state index contributed by atoms with van der Waals surface area (Å²) in [6.45, 7) is 9.57. The Bertz CT molecular complexity index is 1180. The van der Waals surface area contributed by atoms with Gasteiger partial charge in [0.25, 0.3) is 0 Å². The minimum Gasteiger partial charge on any atom is -0.371 e. The molecule has 2 saturated heterocycles. The summed E-state index contributed by atoms with van der Waals surface area (Å²) in [5.74, 6) is -0.507. The third kappa shape index (κ3) is 5.88. The molecule has 0 unspecified atom stereocenters. The lowest BCUT2D eigenvalue weighted by molar-refractivity contribution is -0.152. The molecule has 1 spiro atoms. The zero-order valence-electron chi connectivity index (χ0n) is 23.2. The number of nitrogens with zero attached hydrogens (tertiary/aromatic N) is 3. The van der Waals surface area contributed by atoms with Crippen LogP contribution in [-0.4, -0.2) is 77.9 Å². The smallest absolute Gasteiger partial charge is 0.245 e. The van der Waals surface area contributed by atoms with Crippen molar-refractivity contribution >= 4 is 29.1 Å². The van der Waals surface area contributed by atoms with Crippen LogP contribution in [0.15, 0.2) is 42.0 Å². The van der Waals surface area contributed by atoms with E-state index in [-0.39, 0.29) is 40.4 Å². The molecule has 10 heteroatoms. The van der Waals surface area contributed by atoms with Crippen LogP contribution in [-0.2, 0) is 32.3 Å². The van der Waals surface area contributed by atoms with Crippen molar-refractivity contribution < 1.29 is 19.1 Å². The first-order valence-electron chi connectivity index (χ1n) is 13.7. The molecule has 3 heterocycles. The standard InChI is InChI=1S/C29H39N5O4S/c1-19(38-14-20-8-6-5-7-9-20)24(26(36)30-4)32-25(35)23-13-33(12-21-11-31-18-39-21)15-29(23)16-34(17-29)27(37)22-10-28(22,2)3/h5-9,11,18-19,22-24H,10,12-17H2,1-4H3,(H,30,36)(H,32,35)/t19-,22-,23-,24+/m1/s1. The van der Waals surface area contributed by atoms with Crippen LogP contribution in [0.1, 0.15) is 37.6 Å². The van der Waals surface area contributed by atoms with Crippen LogP contribution in [0.5, 0.6) is 0 Å². The Morgan fingerprint density at radius 2 is 1.87 bits per heavy atom. The van der Waals surface area contributed by atoms with E-state index in [0.717, 1.165) is 30.0 Å². The number of hydrogen-bond donors (Lipinski definition) is 2. The predicted octanol–water partition coefficient (Wildman–Crippen LogP) is 2.29. The highest BCUT2D eigenvalue weighted by atomic mass is 32.1. The van der Waals surface area contributed by atoms with Crippen molar-refractivity contribution in [3.63, 3.8) is 0 Å². The molecule has 3 aliphatic rings. The van der Waals surface area contributed by atoms with Crippen LogP contribution < -0.4 is 10.6 Å². The topological polar surface area (TPSA) is 104 Å². The van der Waals surface area contributed by atoms with Crippen molar-refractivity contribution in [3.05, 3.63) is 52.5 Å². The highest BCUT2D eigenvalue weighted by Crippen LogP contribution is 2.54. The molecule has 2 aromatic rings. The van der Waals surface area contributed by atoms with Crippen LogP contribution in [0.4, 0.5) is 0 Å². The van der Waals surface area contributed by atoms with E-state index in [9.17, 15) is 14.4 Å². The summed E-state index contributed by atoms with van der Waals surface area (Å²) >= 11 is 1.60. The largest absolute Gasteiger partial charge is 0.371 e. The lowest BCUT2D eigenvalue weighted by Crippen LogP contribution is -2.65. The summed E-state index contributed by atoms with van der Waals surface area (Å²) in [5.41, 5.74) is 2.56. The molecule has 3 fully saturated rings.